The van der Waals surface area contributed by atoms with Crippen molar-refractivity contribution < 1.29 is 14.1 Å². The van der Waals surface area contributed by atoms with Crippen molar-refractivity contribution in [2.24, 2.45) is 0 Å². The van der Waals surface area contributed by atoms with E-state index in [4.69, 9.17) is 21.4 Å². The molecular formula is C18H20N3O2S2+. The fraction of sp³-hybridized carbons (Fsp3) is 0.333. The van der Waals surface area contributed by atoms with E-state index in [9.17, 15) is 0 Å². The lowest BCUT2D eigenvalue weighted by atomic mass is 10.2. The Morgan fingerprint density at radius 2 is 2.12 bits per heavy atom. The summed E-state index contributed by atoms with van der Waals surface area (Å²) in [7, 11) is 1.69. The van der Waals surface area contributed by atoms with Crippen LogP contribution in [0.25, 0.3) is 10.8 Å². The number of hydrogen-bond acceptors (Lipinski definition) is 5. The second-order valence-electron chi connectivity index (χ2n) is 6.27. The molecule has 3 aromatic rings. The molecule has 1 saturated carbocycles. The van der Waals surface area contributed by atoms with Gasteiger partial charge in [0.05, 0.1) is 18.0 Å². The molecular weight excluding hydrogens is 354 g/mol. The van der Waals surface area contributed by atoms with Crippen LogP contribution in [0.3, 0.4) is 0 Å². The van der Waals surface area contributed by atoms with Gasteiger partial charge < -0.3 is 14.1 Å². The van der Waals surface area contributed by atoms with Gasteiger partial charge in [0.25, 0.3) is 10.7 Å². The number of benzene rings is 1. The van der Waals surface area contributed by atoms with Crippen molar-refractivity contribution in [2.45, 2.75) is 32.1 Å². The molecule has 1 aliphatic carbocycles. The van der Waals surface area contributed by atoms with E-state index in [1.807, 2.05) is 34.3 Å². The Morgan fingerprint density at radius 1 is 1.32 bits per heavy atom. The fourth-order valence-corrected chi connectivity index (χ4v) is 3.75. The second kappa shape index (κ2) is 7.11. The van der Waals surface area contributed by atoms with Crippen LogP contribution in [0.2, 0.25) is 0 Å². The quantitative estimate of drug-likeness (QED) is 0.646. The molecule has 0 aliphatic heterocycles. The number of nitrogens with one attached hydrogen (secondary N) is 1. The molecule has 1 aliphatic rings. The van der Waals surface area contributed by atoms with E-state index < -0.39 is 0 Å². The number of aromatic nitrogens is 2. The molecule has 0 spiro atoms. The average molecular weight is 375 g/mol. The summed E-state index contributed by atoms with van der Waals surface area (Å²) in [5, 5.41) is 6.60. The van der Waals surface area contributed by atoms with Gasteiger partial charge >= 0.3 is 0 Å². The first-order valence-electron chi connectivity index (χ1n) is 8.32. The van der Waals surface area contributed by atoms with Gasteiger partial charge in [-0.2, -0.15) is 4.68 Å². The third kappa shape index (κ3) is 3.84. The van der Waals surface area contributed by atoms with Gasteiger partial charge in [-0.25, -0.2) is 0 Å². The van der Waals surface area contributed by atoms with Gasteiger partial charge in [-0.3, -0.25) is 0 Å². The Balaban J connectivity index is 1.51. The molecule has 25 heavy (non-hydrogen) atoms. The summed E-state index contributed by atoms with van der Waals surface area (Å²) in [6, 6.07) is 12.9. The molecule has 1 unspecified atom stereocenters. The predicted octanol–water partition coefficient (Wildman–Crippen LogP) is 3.15. The van der Waals surface area contributed by atoms with Gasteiger partial charge in [0.1, 0.15) is 12.3 Å². The minimum Gasteiger partial charge on any atom is -0.497 e. The lowest BCUT2D eigenvalue weighted by molar-refractivity contribution is -0.947. The maximum absolute atomic E-state index is 5.69. The van der Waals surface area contributed by atoms with Crippen molar-refractivity contribution >= 4 is 23.6 Å². The zero-order valence-electron chi connectivity index (χ0n) is 14.0. The van der Waals surface area contributed by atoms with Crippen LogP contribution >= 0.6 is 23.6 Å². The van der Waals surface area contributed by atoms with Gasteiger partial charge in [0, 0.05) is 18.4 Å². The standard InChI is InChI=1S/C18H19N3O2S2/c1-22-15-8-4-13(5-9-15)11-20(14-6-7-14)12-21-18(24)23-17(19-21)16-3-2-10-25-16/h2-5,8-10,14H,6-7,11-12H2,1H3/p+1. The van der Waals surface area contributed by atoms with E-state index in [0.29, 0.717) is 16.8 Å². The van der Waals surface area contributed by atoms with E-state index in [2.05, 4.69) is 17.2 Å². The Hall–Kier alpha value is -1.96. The molecule has 2 aromatic heterocycles. The Morgan fingerprint density at radius 3 is 2.76 bits per heavy atom. The zero-order valence-corrected chi connectivity index (χ0v) is 15.6. The molecule has 1 atom stereocenters. The van der Waals surface area contributed by atoms with Gasteiger partial charge in [0.15, 0.2) is 6.67 Å². The van der Waals surface area contributed by atoms with Crippen molar-refractivity contribution in [1.29, 1.82) is 0 Å². The van der Waals surface area contributed by atoms with Crippen LogP contribution in [0.5, 0.6) is 5.75 Å². The molecule has 0 bridgehead atoms. The molecule has 2 heterocycles. The van der Waals surface area contributed by atoms with Crippen LogP contribution in [-0.2, 0) is 13.2 Å². The molecule has 5 nitrogen and oxygen atoms in total. The lowest BCUT2D eigenvalue weighted by Gasteiger charge is -2.18. The van der Waals surface area contributed by atoms with Crippen LogP contribution in [0.1, 0.15) is 18.4 Å². The number of methoxy groups -OCH3 is 1. The summed E-state index contributed by atoms with van der Waals surface area (Å²) in [4.78, 5) is 2.91. The minimum atomic E-state index is 0.441. The molecule has 0 saturated heterocycles. The molecule has 1 N–H and O–H groups in total. The topological polar surface area (TPSA) is 44.6 Å². The summed E-state index contributed by atoms with van der Waals surface area (Å²) in [5.41, 5.74) is 1.29. The third-order valence-corrected chi connectivity index (χ3v) is 5.59. The number of ether oxygens (including phenoxy) is 1. The fourth-order valence-electron chi connectivity index (χ4n) is 2.92. The van der Waals surface area contributed by atoms with E-state index in [1.54, 1.807) is 18.4 Å². The summed E-state index contributed by atoms with van der Waals surface area (Å²) < 4.78 is 12.7. The first-order valence-corrected chi connectivity index (χ1v) is 9.61. The van der Waals surface area contributed by atoms with Gasteiger partial charge in [0.2, 0.25) is 0 Å². The molecule has 1 aromatic carbocycles. The zero-order chi connectivity index (χ0) is 17.2. The predicted molar refractivity (Wildman–Crippen MR) is 99.3 cm³/mol. The van der Waals surface area contributed by atoms with Gasteiger partial charge in [-0.05, 0) is 47.9 Å². The first-order chi connectivity index (χ1) is 12.2. The number of hydrogen-bond donors (Lipinski definition) is 1. The third-order valence-electron chi connectivity index (χ3n) is 4.44. The number of thiophene rings is 1. The number of nitrogens with zero attached hydrogens (tertiary/aromatic N) is 2. The normalized spacial score (nSPS) is 15.2. The molecule has 1 fully saturated rings. The highest BCUT2D eigenvalue weighted by Gasteiger charge is 2.34. The first kappa shape index (κ1) is 16.5. The van der Waals surface area contributed by atoms with Crippen LogP contribution in [0.15, 0.2) is 46.2 Å². The van der Waals surface area contributed by atoms with Crippen LogP contribution in [0.4, 0.5) is 0 Å². The Kier molecular flexibility index (Phi) is 4.70. The van der Waals surface area contributed by atoms with E-state index in [0.717, 1.165) is 23.8 Å². The summed E-state index contributed by atoms with van der Waals surface area (Å²) in [6.45, 7) is 1.67. The molecule has 0 radical (unpaired) electrons. The van der Waals surface area contributed by atoms with Gasteiger partial charge in [-0.1, -0.05) is 6.07 Å². The molecule has 7 heteroatoms. The molecule has 4 rings (SSSR count). The van der Waals surface area contributed by atoms with Crippen LogP contribution < -0.4 is 9.64 Å². The highest BCUT2D eigenvalue weighted by Crippen LogP contribution is 2.23. The van der Waals surface area contributed by atoms with Crippen molar-refractivity contribution in [3.63, 3.8) is 0 Å². The maximum atomic E-state index is 5.69. The Labute approximate surface area is 155 Å². The van der Waals surface area contributed by atoms with Crippen LogP contribution in [-0.4, -0.2) is 22.9 Å². The number of quaternary nitrogens is 1. The highest BCUT2D eigenvalue weighted by atomic mass is 32.1. The Bertz CT molecular complexity index is 880. The summed E-state index contributed by atoms with van der Waals surface area (Å²) >= 11 is 6.99. The van der Waals surface area contributed by atoms with Gasteiger partial charge in [-0.15, -0.1) is 16.4 Å². The molecule has 130 valence electrons. The highest BCUT2D eigenvalue weighted by molar-refractivity contribution is 7.71. The minimum absolute atomic E-state index is 0.441. The molecule has 0 amide bonds. The van der Waals surface area contributed by atoms with E-state index in [-0.39, 0.29) is 0 Å². The second-order valence-corrected chi connectivity index (χ2v) is 7.56. The lowest BCUT2D eigenvalue weighted by Crippen LogP contribution is -3.11. The van der Waals surface area contributed by atoms with E-state index >= 15 is 0 Å². The summed E-state index contributed by atoms with van der Waals surface area (Å²) in [6.07, 6.45) is 2.52. The number of rotatable bonds is 7. The maximum Gasteiger partial charge on any atom is 0.292 e. The van der Waals surface area contributed by atoms with Crippen molar-refractivity contribution in [3.8, 4) is 16.5 Å². The van der Waals surface area contributed by atoms with Crippen molar-refractivity contribution in [1.82, 2.24) is 9.78 Å². The van der Waals surface area contributed by atoms with Crippen molar-refractivity contribution in [2.75, 3.05) is 7.11 Å². The SMILES string of the molecule is COc1ccc(C[NH+](Cn2nc(-c3cccs3)oc2=S)C2CC2)cc1. The van der Waals surface area contributed by atoms with Crippen LogP contribution in [0, 0.1) is 4.84 Å². The largest absolute Gasteiger partial charge is 0.497 e. The van der Waals surface area contributed by atoms with Crippen molar-refractivity contribution in [3.05, 3.63) is 52.2 Å². The summed E-state index contributed by atoms with van der Waals surface area (Å²) in [5.74, 6) is 1.50. The average Bonchev–Trinajstić information content (AvgIpc) is 3.20. The smallest absolute Gasteiger partial charge is 0.292 e. The van der Waals surface area contributed by atoms with E-state index in [1.165, 1.54) is 23.3 Å². The monoisotopic (exact) mass is 374 g/mol.